The van der Waals surface area contributed by atoms with Crippen LogP contribution in [-0.4, -0.2) is 0 Å². The van der Waals surface area contributed by atoms with E-state index in [1.54, 1.807) is 44.2 Å². The quantitative estimate of drug-likeness (QED) is 0.386. The number of alkyl halides is 1. The standard InChI is InChI=1S/C20H25F.C11H13F/c1-8-9-10-18(20(5,6)7)15(4)17-12-11-16(14(2)3)13-19(17)21;1-4-9-5-7-10(8-6-9)11(2,3)12/h8-13H,1-2H2,3-7H3;4-8H,1H2,2-3H3/b10-9-,18-15-;. The Morgan fingerprint density at radius 1 is 0.909 bits per heavy atom. The molecule has 0 aliphatic carbocycles. The largest absolute Gasteiger partial charge is 0.239 e. The first-order valence-electron chi connectivity index (χ1n) is 11.1. The first kappa shape index (κ1) is 28.0. The van der Waals surface area contributed by atoms with Gasteiger partial charge >= 0.3 is 0 Å². The summed E-state index contributed by atoms with van der Waals surface area (Å²) in [5, 5.41) is 0. The van der Waals surface area contributed by atoms with Crippen molar-refractivity contribution in [3.63, 3.8) is 0 Å². The molecular weight excluding hydrogens is 410 g/mol. The summed E-state index contributed by atoms with van der Waals surface area (Å²) in [5.41, 5.74) is 4.79. The van der Waals surface area contributed by atoms with E-state index < -0.39 is 5.67 Å². The van der Waals surface area contributed by atoms with Crippen molar-refractivity contribution in [1.82, 2.24) is 0 Å². The van der Waals surface area contributed by atoms with E-state index in [4.69, 9.17) is 0 Å². The van der Waals surface area contributed by atoms with Crippen LogP contribution in [0.5, 0.6) is 0 Å². The summed E-state index contributed by atoms with van der Waals surface area (Å²) >= 11 is 0. The van der Waals surface area contributed by atoms with Crippen LogP contribution >= 0.6 is 0 Å². The van der Waals surface area contributed by atoms with E-state index in [1.165, 1.54) is 0 Å². The Balaban J connectivity index is 0.000000383. The number of benzene rings is 2. The number of hydrogen-bond donors (Lipinski definition) is 0. The van der Waals surface area contributed by atoms with Gasteiger partial charge in [-0.05, 0) is 67.0 Å². The molecule has 2 heteroatoms. The summed E-state index contributed by atoms with van der Waals surface area (Å²) in [6, 6.07) is 12.6. The Labute approximate surface area is 199 Å². The lowest BCUT2D eigenvalue weighted by atomic mass is 9.81. The lowest BCUT2D eigenvalue weighted by molar-refractivity contribution is 0.221. The molecule has 0 atom stereocenters. The normalized spacial score (nSPS) is 12.5. The second-order valence-electron chi connectivity index (χ2n) is 9.66. The molecule has 0 bridgehead atoms. The van der Waals surface area contributed by atoms with Gasteiger partial charge in [-0.3, -0.25) is 0 Å². The van der Waals surface area contributed by atoms with Crippen LogP contribution in [-0.2, 0) is 5.67 Å². The van der Waals surface area contributed by atoms with Crippen LogP contribution in [0.3, 0.4) is 0 Å². The van der Waals surface area contributed by atoms with Crippen LogP contribution in [0.1, 0.15) is 70.7 Å². The van der Waals surface area contributed by atoms with Crippen LogP contribution < -0.4 is 0 Å². The van der Waals surface area contributed by atoms with Crippen molar-refractivity contribution in [3.8, 4) is 0 Å². The molecule has 2 rings (SSSR count). The Kier molecular flexibility index (Phi) is 9.98. The van der Waals surface area contributed by atoms with Crippen LogP contribution in [0.2, 0.25) is 0 Å². The zero-order valence-electron chi connectivity index (χ0n) is 21.2. The average molecular weight is 449 g/mol. The molecule has 0 amide bonds. The molecule has 0 saturated heterocycles. The van der Waals surface area contributed by atoms with Gasteiger partial charge in [0.25, 0.3) is 0 Å². The van der Waals surface area contributed by atoms with E-state index in [1.807, 2.05) is 50.3 Å². The van der Waals surface area contributed by atoms with Gasteiger partial charge in [0.2, 0.25) is 0 Å². The maximum atomic E-state index is 14.4. The molecule has 0 fully saturated rings. The van der Waals surface area contributed by atoms with Crippen molar-refractivity contribution in [2.24, 2.45) is 5.41 Å². The van der Waals surface area contributed by atoms with Crippen molar-refractivity contribution in [3.05, 3.63) is 114 Å². The molecule has 0 aliphatic heterocycles. The number of halogens is 2. The van der Waals surface area contributed by atoms with E-state index in [2.05, 4.69) is 40.5 Å². The van der Waals surface area contributed by atoms with Gasteiger partial charge in [0.05, 0.1) is 0 Å². The van der Waals surface area contributed by atoms with Crippen molar-refractivity contribution in [2.45, 2.75) is 54.1 Å². The molecule has 0 radical (unpaired) electrons. The zero-order chi connectivity index (χ0) is 25.4. The summed E-state index contributed by atoms with van der Waals surface area (Å²) in [7, 11) is 0. The minimum atomic E-state index is -1.25. The van der Waals surface area contributed by atoms with Crippen molar-refractivity contribution in [2.75, 3.05) is 0 Å². The molecule has 0 unspecified atom stereocenters. The SMILES string of the molecule is C=C/C=C\C(=C(/C)c1ccc(C(=C)C)cc1F)C(C)(C)C.C=Cc1ccc(C(C)(C)F)cc1. The van der Waals surface area contributed by atoms with Gasteiger partial charge in [-0.1, -0.05) is 107 Å². The molecule has 176 valence electrons. The molecule has 0 nitrogen and oxygen atoms in total. The number of rotatable bonds is 6. The summed E-state index contributed by atoms with van der Waals surface area (Å²) in [6.07, 6.45) is 7.38. The third-order valence-corrected chi connectivity index (χ3v) is 5.31. The molecule has 2 aromatic rings. The molecule has 0 N–H and O–H groups in total. The van der Waals surface area contributed by atoms with Gasteiger partial charge in [0, 0.05) is 5.56 Å². The summed E-state index contributed by atoms with van der Waals surface area (Å²) in [4.78, 5) is 0. The first-order valence-corrected chi connectivity index (χ1v) is 11.1. The Bertz CT molecular complexity index is 1030. The molecule has 0 saturated carbocycles. The number of allylic oxidation sites excluding steroid dienone is 6. The van der Waals surface area contributed by atoms with Gasteiger partial charge in [0.15, 0.2) is 0 Å². The van der Waals surface area contributed by atoms with Gasteiger partial charge in [-0.15, -0.1) is 0 Å². The third-order valence-electron chi connectivity index (χ3n) is 5.31. The van der Waals surface area contributed by atoms with Crippen LogP contribution in [0.25, 0.3) is 17.2 Å². The molecule has 0 spiro atoms. The van der Waals surface area contributed by atoms with Crippen molar-refractivity contribution < 1.29 is 8.78 Å². The van der Waals surface area contributed by atoms with E-state index in [0.717, 1.165) is 27.8 Å². The lowest BCUT2D eigenvalue weighted by Gasteiger charge is -2.24. The Hall–Kier alpha value is -3.00. The van der Waals surface area contributed by atoms with Crippen molar-refractivity contribution >= 4 is 17.2 Å². The molecule has 0 heterocycles. The highest BCUT2D eigenvalue weighted by molar-refractivity contribution is 5.73. The fraction of sp³-hybridized carbons (Fsp3) is 0.290. The van der Waals surface area contributed by atoms with E-state index in [9.17, 15) is 8.78 Å². The maximum absolute atomic E-state index is 14.4. The molecule has 33 heavy (non-hydrogen) atoms. The predicted octanol–water partition coefficient (Wildman–Crippen LogP) is 9.95. The van der Waals surface area contributed by atoms with E-state index in [-0.39, 0.29) is 11.2 Å². The van der Waals surface area contributed by atoms with E-state index in [0.29, 0.717) is 11.1 Å². The molecule has 2 aromatic carbocycles. The van der Waals surface area contributed by atoms with Gasteiger partial charge in [-0.2, -0.15) is 0 Å². The topological polar surface area (TPSA) is 0 Å². The lowest BCUT2D eigenvalue weighted by Crippen LogP contribution is -2.10. The smallest absolute Gasteiger partial charge is 0.131 e. The van der Waals surface area contributed by atoms with Gasteiger partial charge in [0.1, 0.15) is 11.5 Å². The second-order valence-corrected chi connectivity index (χ2v) is 9.66. The highest BCUT2D eigenvalue weighted by Gasteiger charge is 2.19. The van der Waals surface area contributed by atoms with Crippen LogP contribution in [0.15, 0.2) is 86.0 Å². The zero-order valence-corrected chi connectivity index (χ0v) is 21.2. The number of hydrogen-bond acceptors (Lipinski definition) is 0. The first-order chi connectivity index (χ1) is 15.2. The minimum Gasteiger partial charge on any atom is -0.239 e. The fourth-order valence-electron chi connectivity index (χ4n) is 3.35. The molecule has 0 aromatic heterocycles. The third kappa shape index (κ3) is 8.46. The Morgan fingerprint density at radius 2 is 1.48 bits per heavy atom. The Morgan fingerprint density at radius 3 is 1.88 bits per heavy atom. The fourth-order valence-corrected chi connectivity index (χ4v) is 3.35. The monoisotopic (exact) mass is 448 g/mol. The van der Waals surface area contributed by atoms with Crippen molar-refractivity contribution in [1.29, 1.82) is 0 Å². The summed E-state index contributed by atoms with van der Waals surface area (Å²) < 4.78 is 27.7. The molecule has 0 aliphatic rings. The molecular formula is C31H38F2. The second kappa shape index (κ2) is 11.7. The summed E-state index contributed by atoms with van der Waals surface area (Å²) in [6.45, 7) is 24.5. The van der Waals surface area contributed by atoms with Crippen LogP contribution in [0.4, 0.5) is 8.78 Å². The highest BCUT2D eigenvalue weighted by atomic mass is 19.1. The maximum Gasteiger partial charge on any atom is 0.131 e. The predicted molar refractivity (Wildman–Crippen MR) is 143 cm³/mol. The minimum absolute atomic E-state index is 0.0664. The average Bonchev–Trinajstić information content (AvgIpc) is 2.72. The van der Waals surface area contributed by atoms with Gasteiger partial charge < -0.3 is 0 Å². The van der Waals surface area contributed by atoms with Crippen LogP contribution in [0, 0.1) is 11.2 Å². The van der Waals surface area contributed by atoms with E-state index >= 15 is 0 Å². The van der Waals surface area contributed by atoms with Gasteiger partial charge in [-0.25, -0.2) is 8.78 Å². The highest BCUT2D eigenvalue weighted by Crippen LogP contribution is 2.34. The summed E-state index contributed by atoms with van der Waals surface area (Å²) in [5.74, 6) is -0.207.